The largest absolute Gasteiger partial charge is 0.472 e. The summed E-state index contributed by atoms with van der Waals surface area (Å²) >= 11 is 13.4. The van der Waals surface area contributed by atoms with Crippen LogP contribution in [0.25, 0.3) is 21.8 Å². The Morgan fingerprint density at radius 1 is 0.380 bits per heavy atom. The molecule has 0 unspecified atom stereocenters. The van der Waals surface area contributed by atoms with Gasteiger partial charge in [-0.05, 0) is 318 Å². The minimum absolute atomic E-state index is 0.954. The van der Waals surface area contributed by atoms with Gasteiger partial charge in [0.05, 0.1) is 30.0 Å². The number of thiophene rings is 4. The molecule has 0 amide bonds. The molecule has 0 fully saturated rings. The highest BCUT2D eigenvalue weighted by Crippen LogP contribution is 2.30. The van der Waals surface area contributed by atoms with Crippen molar-refractivity contribution in [3.63, 3.8) is 0 Å². The highest BCUT2D eigenvalue weighted by molar-refractivity contribution is 7.15. The van der Waals surface area contributed by atoms with E-state index in [0.29, 0.717) is 0 Å². The second kappa shape index (κ2) is 45.2. The molecule has 488 valence electrons. The van der Waals surface area contributed by atoms with Crippen LogP contribution in [0.1, 0.15) is 109 Å². The molecule has 14 rings (SSSR count). The van der Waals surface area contributed by atoms with E-state index < -0.39 is 0 Å². The van der Waals surface area contributed by atoms with Crippen LogP contribution in [0.4, 0.5) is 0 Å². The van der Waals surface area contributed by atoms with Crippen molar-refractivity contribution in [1.82, 2.24) is 18.1 Å². The molecule has 0 aliphatic carbocycles. The summed E-state index contributed by atoms with van der Waals surface area (Å²) < 4.78 is 32.1. The lowest BCUT2D eigenvalue weighted by molar-refractivity contribution is 0.504. The minimum atomic E-state index is 0.954. The van der Waals surface area contributed by atoms with Crippen LogP contribution in [-0.4, -0.2) is 18.1 Å². The summed E-state index contributed by atoms with van der Waals surface area (Å²) in [5.41, 5.74) is 18.3. The van der Waals surface area contributed by atoms with Gasteiger partial charge >= 0.3 is 0 Å². The Morgan fingerprint density at radius 2 is 0.967 bits per heavy atom. The zero-order chi connectivity index (χ0) is 67.8. The van der Waals surface area contributed by atoms with Crippen molar-refractivity contribution in [2.45, 2.75) is 138 Å². The van der Waals surface area contributed by atoms with Crippen LogP contribution in [0.2, 0.25) is 0 Å². The molecule has 0 N–H and O–H groups in total. The Labute approximate surface area is 581 Å². The van der Waals surface area contributed by atoms with Crippen molar-refractivity contribution in [3.8, 4) is 21.8 Å². The molecule has 0 bridgehead atoms. The second-order valence-corrected chi connectivity index (χ2v) is 29.0. The molecular weight excluding hydrogens is 1290 g/mol. The monoisotopic (exact) mass is 1380 g/mol. The maximum atomic E-state index is 5.55. The summed E-state index contributed by atoms with van der Waals surface area (Å²) in [6.07, 6.45) is 8.89. The van der Waals surface area contributed by atoms with Gasteiger partial charge in [-0.15, -0.1) is 45.3 Å². The van der Waals surface area contributed by atoms with Crippen LogP contribution in [0.3, 0.4) is 0 Å². The number of benzene rings is 2. The first-order valence-electron chi connectivity index (χ1n) is 29.7. The van der Waals surface area contributed by atoms with Crippen molar-refractivity contribution >= 4 is 91.3 Å². The lowest BCUT2D eigenvalue weighted by Crippen LogP contribution is -1.78. The number of hydrogen-bond acceptors (Lipinski definition) is 16. The number of furan rings is 4. The average molecular weight is 1380 g/mol. The summed E-state index contributed by atoms with van der Waals surface area (Å²) in [6.45, 7) is 41.0. The number of rotatable bonds is 2. The van der Waals surface area contributed by atoms with Crippen LogP contribution < -0.4 is 0 Å². The molecule has 0 radical (unpaired) electrons. The predicted octanol–water partition coefficient (Wildman–Crippen LogP) is 26.2. The van der Waals surface area contributed by atoms with Crippen molar-refractivity contribution in [1.29, 1.82) is 0 Å². The maximum absolute atomic E-state index is 5.55. The fourth-order valence-electron chi connectivity index (χ4n) is 7.05. The third kappa shape index (κ3) is 35.6. The second-order valence-electron chi connectivity index (χ2n) is 21.3. The molecule has 14 aromatic rings. The molecule has 8 nitrogen and oxygen atoms in total. The summed E-state index contributed by atoms with van der Waals surface area (Å²) in [4.78, 5) is 12.2. The van der Waals surface area contributed by atoms with Crippen molar-refractivity contribution in [2.24, 2.45) is 0 Å². The van der Waals surface area contributed by atoms with E-state index >= 15 is 0 Å². The van der Waals surface area contributed by atoms with Crippen molar-refractivity contribution in [3.05, 3.63) is 299 Å². The van der Waals surface area contributed by atoms with Gasteiger partial charge in [0, 0.05) is 69.1 Å². The topological polar surface area (TPSA) is 104 Å². The molecule has 12 aromatic heterocycles. The molecule has 0 atom stereocenters. The number of aryl methyl sites for hydroxylation is 20. The quantitative estimate of drug-likeness (QED) is 0.169. The smallest absolute Gasteiger partial charge is 0.134 e. The van der Waals surface area contributed by atoms with Gasteiger partial charge in [-0.25, -0.2) is 8.75 Å². The van der Waals surface area contributed by atoms with Gasteiger partial charge in [-0.1, -0.05) is 48.5 Å². The first-order valence-corrected chi connectivity index (χ1v) is 36.5. The fourth-order valence-corrected chi connectivity index (χ4v) is 12.3. The normalized spacial score (nSPS) is 9.52. The zero-order valence-corrected chi connectivity index (χ0v) is 63.7. The lowest BCUT2D eigenvalue weighted by atomic mass is 10.1. The Bertz CT molecular complexity index is 3530. The van der Waals surface area contributed by atoms with Gasteiger partial charge in [0.1, 0.15) is 28.8 Å². The average Bonchev–Trinajstić information content (AvgIpc) is 1.75. The molecule has 0 aliphatic rings. The van der Waals surface area contributed by atoms with E-state index in [4.69, 9.17) is 17.7 Å². The third-order valence-corrected chi connectivity index (χ3v) is 18.9. The predicted molar refractivity (Wildman–Crippen MR) is 406 cm³/mol. The van der Waals surface area contributed by atoms with Gasteiger partial charge in [0.15, 0.2) is 0 Å². The van der Waals surface area contributed by atoms with Crippen molar-refractivity contribution in [2.75, 3.05) is 0 Å². The van der Waals surface area contributed by atoms with Gasteiger partial charge in [0.25, 0.3) is 0 Å². The summed E-state index contributed by atoms with van der Waals surface area (Å²) in [7, 11) is 0. The van der Waals surface area contributed by atoms with E-state index in [1.807, 2.05) is 181 Å². The van der Waals surface area contributed by atoms with Crippen LogP contribution in [0.15, 0.2) is 208 Å². The Hall–Kier alpha value is -7.12. The van der Waals surface area contributed by atoms with Gasteiger partial charge < -0.3 is 17.7 Å². The van der Waals surface area contributed by atoms with Gasteiger partial charge in [-0.2, -0.15) is 15.7 Å². The lowest BCUT2D eigenvalue weighted by Gasteiger charge is -2.00. The number of hydrogen-bond donors (Lipinski definition) is 0. The number of aromatic nitrogens is 4. The molecule has 12 heterocycles. The molecule has 92 heavy (non-hydrogen) atoms. The Morgan fingerprint density at radius 3 is 1.22 bits per heavy atom. The molecule has 0 aliphatic heterocycles. The van der Waals surface area contributed by atoms with E-state index in [0.717, 1.165) is 40.2 Å². The first-order chi connectivity index (χ1) is 43.9. The SMILES string of the molecule is Cc1ccc(-c2ccccc2C)o1.Cc1ccc(-c2ccccc2C)s1.Cc1ccc(C)o1.Cc1ccc(C)s1.Cc1ccns1.Cc1ccsn1.Cc1cnsc1.Cc1coc(C)c1.Cc1cocc1C.Cc1csc(C)c1.Cc1cscc1C.Cc1cscn1. The van der Waals surface area contributed by atoms with Crippen molar-refractivity contribution < 1.29 is 17.7 Å². The molecule has 2 aromatic carbocycles. The van der Waals surface area contributed by atoms with Gasteiger partial charge in [-0.3, -0.25) is 4.98 Å². The van der Waals surface area contributed by atoms with Crippen LogP contribution in [0.5, 0.6) is 0 Å². The first kappa shape index (κ1) is 79.1. The van der Waals surface area contributed by atoms with E-state index in [2.05, 4.69) is 163 Å². The Kier molecular flexibility index (Phi) is 38.9. The number of nitrogens with zero attached hydrogens (tertiary/aromatic N) is 4. The molecule has 0 saturated carbocycles. The summed E-state index contributed by atoms with van der Waals surface area (Å²) in [6, 6.07) is 41.5. The van der Waals surface area contributed by atoms with E-state index in [1.54, 1.807) is 59.0 Å². The Balaban J connectivity index is 0.000000265. The summed E-state index contributed by atoms with van der Waals surface area (Å²) in [5, 5.41) is 12.5. The van der Waals surface area contributed by atoms with E-state index in [-0.39, 0.29) is 0 Å². The fraction of sp³-hybridized carbons (Fsp3) is 0.263. The van der Waals surface area contributed by atoms with Gasteiger partial charge in [0.2, 0.25) is 0 Å². The molecule has 0 spiro atoms. The van der Waals surface area contributed by atoms with E-state index in [1.165, 1.54) is 125 Å². The minimum Gasteiger partial charge on any atom is -0.472 e. The standard InChI is InChI=1S/C12H12O.C12H12S.3C6H8O.3C6H8S.4C4H5NS/c2*1-9-5-3-4-6-11(9)12-8-7-10(2)13-12;1-5-3-7-4-6(5)2;1-5-3-6(2)7-4-5;1-5-3-4-6(2)7-5;1-5-3-7-4-6(5)2;1-5-3-6(2)7-4-5;1-5-3-4-6(2)7-5;1-4-2-6-3-5-4;1-4-2-5-6-3-4;1-4-2-3-6-5-4;1-4-2-3-5-6-4/h2*3-8H,1-2H3;6*3-4H,1-2H3;4*2-3H,1H3. The molecule has 0 saturated heterocycles. The van der Waals surface area contributed by atoms with Crippen LogP contribution in [0, 0.1) is 138 Å². The molecule has 16 heteroatoms. The maximum Gasteiger partial charge on any atom is 0.134 e. The third-order valence-electron chi connectivity index (χ3n) is 12.2. The van der Waals surface area contributed by atoms with E-state index in [9.17, 15) is 0 Å². The zero-order valence-electron chi connectivity index (χ0n) is 57.2. The van der Waals surface area contributed by atoms with Crippen LogP contribution >= 0.6 is 91.3 Å². The van der Waals surface area contributed by atoms with Crippen LogP contribution in [-0.2, 0) is 0 Å². The molecular formula is C76H92N4O4S8. The number of thiazole rings is 1. The summed E-state index contributed by atoms with van der Waals surface area (Å²) in [5.74, 6) is 4.86. The highest BCUT2D eigenvalue weighted by atomic mass is 32.1. The highest BCUT2D eigenvalue weighted by Gasteiger charge is 2.05.